The molecule has 0 N–H and O–H groups in total. The minimum atomic E-state index is -0.218. The Balaban J connectivity index is 3.09. The third-order valence-corrected chi connectivity index (χ3v) is 2.03. The van der Waals surface area contributed by atoms with Gasteiger partial charge in [-0.3, -0.25) is 4.79 Å². The van der Waals surface area contributed by atoms with E-state index in [1.165, 1.54) is 13.0 Å². The molecule has 14 heavy (non-hydrogen) atoms. The summed E-state index contributed by atoms with van der Waals surface area (Å²) in [4.78, 5) is 10.8. The zero-order valence-corrected chi connectivity index (χ0v) is 8.60. The zero-order valence-electron chi connectivity index (χ0n) is 8.60. The van der Waals surface area contributed by atoms with Gasteiger partial charge in [-0.25, -0.2) is 4.39 Å². The molecule has 0 spiro atoms. The molecule has 0 unspecified atom stereocenters. The molecule has 1 rings (SSSR count). The zero-order chi connectivity index (χ0) is 10.7. The number of rotatable bonds is 2. The molecule has 0 aliphatic carbocycles. The molecule has 2 heteroatoms. The Morgan fingerprint density at radius 3 is 2.50 bits per heavy atom. The van der Waals surface area contributed by atoms with Crippen molar-refractivity contribution in [3.05, 3.63) is 41.2 Å². The van der Waals surface area contributed by atoms with E-state index in [4.69, 9.17) is 0 Å². The van der Waals surface area contributed by atoms with Gasteiger partial charge in [-0.15, -0.1) is 0 Å². The Morgan fingerprint density at radius 2 is 2.00 bits per heavy atom. The summed E-state index contributed by atoms with van der Waals surface area (Å²) in [5.74, 6) is -0.214. The van der Waals surface area contributed by atoms with Crippen LogP contribution in [0.4, 0.5) is 4.39 Å². The first kappa shape index (κ1) is 10.6. The van der Waals surface area contributed by atoms with Gasteiger partial charge in [0.2, 0.25) is 0 Å². The van der Waals surface area contributed by atoms with Gasteiger partial charge >= 0.3 is 0 Å². The molecule has 0 fully saturated rings. The lowest BCUT2D eigenvalue weighted by molar-refractivity contribution is -0.112. The molecule has 0 radical (unpaired) electrons. The van der Waals surface area contributed by atoms with Crippen LogP contribution in [0, 0.1) is 12.7 Å². The minimum absolute atomic E-state index is 0.00415. The number of carbonyl (C=O) groups excluding carboxylic acids is 1. The number of allylic oxidation sites excluding steroid dienone is 2. The molecule has 1 aromatic carbocycles. The van der Waals surface area contributed by atoms with Gasteiger partial charge in [-0.05, 0) is 55.7 Å². The second-order valence-corrected chi connectivity index (χ2v) is 3.40. The number of benzene rings is 1. The summed E-state index contributed by atoms with van der Waals surface area (Å²) in [5, 5.41) is 0. The van der Waals surface area contributed by atoms with Gasteiger partial charge in [0.05, 0.1) is 0 Å². The summed E-state index contributed by atoms with van der Waals surface area (Å²) in [6.45, 7) is 5.05. The van der Waals surface area contributed by atoms with E-state index < -0.39 is 0 Å². The average Bonchev–Trinajstić information content (AvgIpc) is 2.08. The first-order valence-corrected chi connectivity index (χ1v) is 4.46. The first-order chi connectivity index (χ1) is 6.50. The van der Waals surface area contributed by atoms with Crippen LogP contribution in [-0.4, -0.2) is 5.78 Å². The lowest BCUT2D eigenvalue weighted by atomic mass is 10.0. The van der Waals surface area contributed by atoms with Crippen molar-refractivity contribution in [2.24, 2.45) is 0 Å². The molecule has 0 atom stereocenters. The van der Waals surface area contributed by atoms with E-state index in [9.17, 15) is 9.18 Å². The van der Waals surface area contributed by atoms with Crippen molar-refractivity contribution in [3.8, 4) is 0 Å². The Hall–Kier alpha value is -1.44. The Labute approximate surface area is 83.3 Å². The second kappa shape index (κ2) is 4.18. The molecule has 1 aromatic rings. The van der Waals surface area contributed by atoms with Crippen molar-refractivity contribution in [3.63, 3.8) is 0 Å². The van der Waals surface area contributed by atoms with E-state index in [-0.39, 0.29) is 11.6 Å². The second-order valence-electron chi connectivity index (χ2n) is 3.40. The van der Waals surface area contributed by atoms with Gasteiger partial charge in [-0.1, -0.05) is 6.07 Å². The van der Waals surface area contributed by atoms with Gasteiger partial charge in [0.25, 0.3) is 0 Å². The topological polar surface area (TPSA) is 17.1 Å². The number of hydrogen-bond donors (Lipinski definition) is 0. The standard InChI is InChI=1S/C12H13FO/c1-8(6-10(3)14)11-4-5-12(13)9(2)7-11/h4-7H,1-3H3/b8-6+. The highest BCUT2D eigenvalue weighted by molar-refractivity contribution is 5.94. The normalized spacial score (nSPS) is 11.6. The van der Waals surface area contributed by atoms with Crippen molar-refractivity contribution in [2.75, 3.05) is 0 Å². The fourth-order valence-corrected chi connectivity index (χ4v) is 1.28. The SMILES string of the molecule is CC(=O)/C=C(\C)c1ccc(F)c(C)c1. The molecule has 0 aliphatic rings. The molecular formula is C12H13FO. The predicted octanol–water partition coefficient (Wildman–Crippen LogP) is 3.13. The first-order valence-electron chi connectivity index (χ1n) is 4.46. The number of halogens is 1. The smallest absolute Gasteiger partial charge is 0.152 e. The summed E-state index contributed by atoms with van der Waals surface area (Å²) in [6.07, 6.45) is 1.55. The largest absolute Gasteiger partial charge is 0.295 e. The fourth-order valence-electron chi connectivity index (χ4n) is 1.28. The summed E-state index contributed by atoms with van der Waals surface area (Å²) in [6, 6.07) is 4.84. The third-order valence-electron chi connectivity index (χ3n) is 2.03. The molecule has 0 amide bonds. The number of hydrogen-bond acceptors (Lipinski definition) is 1. The Morgan fingerprint density at radius 1 is 1.36 bits per heavy atom. The van der Waals surface area contributed by atoms with E-state index in [1.54, 1.807) is 25.1 Å². The molecule has 0 saturated heterocycles. The summed E-state index contributed by atoms with van der Waals surface area (Å²) < 4.78 is 12.9. The maximum atomic E-state index is 12.9. The number of aryl methyl sites for hydroxylation is 1. The maximum absolute atomic E-state index is 12.9. The van der Waals surface area contributed by atoms with Gasteiger partial charge in [0.15, 0.2) is 5.78 Å². The van der Waals surface area contributed by atoms with E-state index in [2.05, 4.69) is 0 Å². The lowest BCUT2D eigenvalue weighted by Gasteiger charge is -2.03. The molecule has 0 aliphatic heterocycles. The van der Waals surface area contributed by atoms with Crippen LogP contribution in [0.5, 0.6) is 0 Å². The van der Waals surface area contributed by atoms with E-state index in [0.717, 1.165) is 11.1 Å². The highest BCUT2D eigenvalue weighted by Gasteiger charge is 2.01. The highest BCUT2D eigenvalue weighted by Crippen LogP contribution is 2.17. The maximum Gasteiger partial charge on any atom is 0.152 e. The predicted molar refractivity (Wildman–Crippen MR) is 55.5 cm³/mol. The van der Waals surface area contributed by atoms with Crippen molar-refractivity contribution >= 4 is 11.4 Å². The molecule has 1 nitrogen and oxygen atoms in total. The molecule has 0 saturated carbocycles. The van der Waals surface area contributed by atoms with Crippen LogP contribution >= 0.6 is 0 Å². The molecule has 0 aromatic heterocycles. The van der Waals surface area contributed by atoms with Crippen molar-refractivity contribution in [1.82, 2.24) is 0 Å². The van der Waals surface area contributed by atoms with Crippen LogP contribution < -0.4 is 0 Å². The molecule has 74 valence electrons. The van der Waals surface area contributed by atoms with Crippen LogP contribution in [0.1, 0.15) is 25.0 Å². The van der Waals surface area contributed by atoms with Gasteiger partial charge in [-0.2, -0.15) is 0 Å². The lowest BCUT2D eigenvalue weighted by Crippen LogP contribution is -1.89. The van der Waals surface area contributed by atoms with Crippen LogP contribution in [0.3, 0.4) is 0 Å². The van der Waals surface area contributed by atoms with Crippen molar-refractivity contribution in [1.29, 1.82) is 0 Å². The van der Waals surface area contributed by atoms with Crippen LogP contribution in [-0.2, 0) is 4.79 Å². The van der Waals surface area contributed by atoms with Gasteiger partial charge in [0.1, 0.15) is 5.82 Å². The number of ketones is 1. The average molecular weight is 192 g/mol. The molecule has 0 bridgehead atoms. The number of carbonyl (C=O) groups is 1. The van der Waals surface area contributed by atoms with Gasteiger partial charge < -0.3 is 0 Å². The van der Waals surface area contributed by atoms with E-state index >= 15 is 0 Å². The summed E-state index contributed by atoms with van der Waals surface area (Å²) in [7, 11) is 0. The molecule has 0 heterocycles. The van der Waals surface area contributed by atoms with Crippen LogP contribution in [0.25, 0.3) is 5.57 Å². The highest BCUT2D eigenvalue weighted by atomic mass is 19.1. The quantitative estimate of drug-likeness (QED) is 0.658. The van der Waals surface area contributed by atoms with Gasteiger partial charge in [0, 0.05) is 0 Å². The monoisotopic (exact) mass is 192 g/mol. The Bertz CT molecular complexity index is 391. The minimum Gasteiger partial charge on any atom is -0.295 e. The Kier molecular flexibility index (Phi) is 3.18. The fraction of sp³-hybridized carbons (Fsp3) is 0.250. The summed E-state index contributed by atoms with van der Waals surface area (Å²) >= 11 is 0. The van der Waals surface area contributed by atoms with Crippen LogP contribution in [0.15, 0.2) is 24.3 Å². The van der Waals surface area contributed by atoms with E-state index in [1.807, 2.05) is 6.92 Å². The third kappa shape index (κ3) is 2.52. The van der Waals surface area contributed by atoms with Crippen LogP contribution in [0.2, 0.25) is 0 Å². The van der Waals surface area contributed by atoms with E-state index in [0.29, 0.717) is 5.56 Å². The molecular weight excluding hydrogens is 179 g/mol. The summed E-state index contributed by atoms with van der Waals surface area (Å²) in [5.41, 5.74) is 2.35. The van der Waals surface area contributed by atoms with Crippen molar-refractivity contribution in [2.45, 2.75) is 20.8 Å². The van der Waals surface area contributed by atoms with Crippen molar-refractivity contribution < 1.29 is 9.18 Å².